The van der Waals surface area contributed by atoms with Crippen LogP contribution in [-0.4, -0.2) is 27.1 Å². The van der Waals surface area contributed by atoms with Crippen LogP contribution in [0.15, 0.2) is 11.0 Å². The smallest absolute Gasteiger partial charge is 0.375 e. The zero-order chi connectivity index (χ0) is 13.4. The fourth-order valence-electron chi connectivity index (χ4n) is 1.49. The van der Waals surface area contributed by atoms with Gasteiger partial charge in [-0.2, -0.15) is 4.39 Å². The lowest BCUT2D eigenvalue weighted by atomic mass is 10.2. The number of nitrogens with zero attached hydrogens (tertiary/aromatic N) is 2. The monoisotopic (exact) mass is 255 g/mol. The van der Waals surface area contributed by atoms with Gasteiger partial charge in [-0.05, 0) is 0 Å². The van der Waals surface area contributed by atoms with Gasteiger partial charge in [0.25, 0.3) is 5.88 Å². The summed E-state index contributed by atoms with van der Waals surface area (Å²) >= 11 is 0. The number of H-pyrrole nitrogens is 1. The standard InChI is InChI=1S/C9H6FN3O5/c1-18-9-4(10)5-3(2-11-9)7(14)6(13(16)17)8(15)12-5/h2H,1H3,(H2,12,14,15). The van der Waals surface area contributed by atoms with Gasteiger partial charge in [-0.15, -0.1) is 0 Å². The molecule has 0 amide bonds. The Morgan fingerprint density at radius 3 is 2.83 bits per heavy atom. The third-order valence-corrected chi connectivity index (χ3v) is 2.30. The van der Waals surface area contributed by atoms with E-state index in [1.807, 2.05) is 4.98 Å². The van der Waals surface area contributed by atoms with Gasteiger partial charge in [-0.1, -0.05) is 0 Å². The number of nitrogens with one attached hydrogen (secondary N) is 1. The van der Waals surface area contributed by atoms with Crippen molar-refractivity contribution in [2.75, 3.05) is 7.11 Å². The molecule has 18 heavy (non-hydrogen) atoms. The fraction of sp³-hybridized carbons (Fsp3) is 0.111. The third kappa shape index (κ3) is 1.52. The molecule has 2 rings (SSSR count). The summed E-state index contributed by atoms with van der Waals surface area (Å²) in [6.07, 6.45) is 0.968. The molecule has 94 valence electrons. The summed E-state index contributed by atoms with van der Waals surface area (Å²) in [5.74, 6) is -2.35. The van der Waals surface area contributed by atoms with Crippen molar-refractivity contribution in [1.29, 1.82) is 0 Å². The number of hydrogen-bond acceptors (Lipinski definition) is 6. The summed E-state index contributed by atoms with van der Waals surface area (Å²) in [5.41, 5.74) is -2.68. The predicted molar refractivity (Wildman–Crippen MR) is 57.2 cm³/mol. The van der Waals surface area contributed by atoms with Crippen LogP contribution in [0.1, 0.15) is 0 Å². The Hall–Kier alpha value is -2.71. The molecule has 0 aromatic carbocycles. The molecule has 0 fully saturated rings. The lowest BCUT2D eigenvalue weighted by molar-refractivity contribution is -0.387. The number of rotatable bonds is 2. The predicted octanol–water partition coefficient (Wildman–Crippen LogP) is 0.685. The van der Waals surface area contributed by atoms with Crippen LogP contribution in [0, 0.1) is 15.9 Å². The van der Waals surface area contributed by atoms with Gasteiger partial charge in [0.2, 0.25) is 11.6 Å². The first-order chi connectivity index (χ1) is 8.47. The second-order valence-corrected chi connectivity index (χ2v) is 3.28. The first-order valence-electron chi connectivity index (χ1n) is 4.59. The molecule has 2 heterocycles. The number of aromatic hydroxyl groups is 1. The highest BCUT2D eigenvalue weighted by Gasteiger charge is 2.25. The van der Waals surface area contributed by atoms with E-state index >= 15 is 0 Å². The van der Waals surface area contributed by atoms with Crippen molar-refractivity contribution in [2.45, 2.75) is 0 Å². The zero-order valence-electron chi connectivity index (χ0n) is 8.93. The van der Waals surface area contributed by atoms with E-state index < -0.39 is 39.1 Å². The minimum absolute atomic E-state index is 0.278. The van der Waals surface area contributed by atoms with Crippen LogP contribution in [0.25, 0.3) is 10.9 Å². The van der Waals surface area contributed by atoms with Crippen molar-refractivity contribution in [1.82, 2.24) is 9.97 Å². The first-order valence-corrected chi connectivity index (χ1v) is 4.59. The van der Waals surface area contributed by atoms with Gasteiger partial charge in [0.05, 0.1) is 22.9 Å². The average Bonchev–Trinajstić information content (AvgIpc) is 2.30. The summed E-state index contributed by atoms with van der Waals surface area (Å²) in [7, 11) is 1.17. The van der Waals surface area contributed by atoms with Crippen molar-refractivity contribution in [3.8, 4) is 11.6 Å². The zero-order valence-corrected chi connectivity index (χ0v) is 8.93. The van der Waals surface area contributed by atoms with Crippen LogP contribution >= 0.6 is 0 Å². The van der Waals surface area contributed by atoms with Crippen LogP contribution in [-0.2, 0) is 0 Å². The van der Waals surface area contributed by atoms with E-state index in [-0.39, 0.29) is 5.39 Å². The van der Waals surface area contributed by atoms with Crippen molar-refractivity contribution < 1.29 is 19.2 Å². The van der Waals surface area contributed by atoms with E-state index in [9.17, 15) is 24.4 Å². The largest absolute Gasteiger partial charge is 0.501 e. The lowest BCUT2D eigenvalue weighted by Crippen LogP contribution is -2.12. The van der Waals surface area contributed by atoms with E-state index in [2.05, 4.69) is 9.72 Å². The maximum Gasteiger partial charge on any atom is 0.375 e. The Labute approximate surface area is 97.8 Å². The van der Waals surface area contributed by atoms with Gasteiger partial charge in [-0.3, -0.25) is 14.9 Å². The molecule has 0 aliphatic heterocycles. The number of fused-ring (bicyclic) bond motifs is 1. The van der Waals surface area contributed by atoms with Crippen LogP contribution in [0.3, 0.4) is 0 Å². The highest BCUT2D eigenvalue weighted by atomic mass is 19.1. The molecule has 2 aromatic heterocycles. The number of hydrogen-bond donors (Lipinski definition) is 2. The Bertz CT molecular complexity index is 711. The summed E-state index contributed by atoms with van der Waals surface area (Å²) in [6.45, 7) is 0. The van der Waals surface area contributed by atoms with Crippen molar-refractivity contribution >= 4 is 16.6 Å². The molecule has 0 unspecified atom stereocenters. The number of aromatic amines is 1. The summed E-state index contributed by atoms with van der Waals surface area (Å²) in [4.78, 5) is 26.4. The van der Waals surface area contributed by atoms with E-state index in [1.54, 1.807) is 0 Å². The van der Waals surface area contributed by atoms with Crippen LogP contribution in [0.5, 0.6) is 11.6 Å². The molecule has 8 nitrogen and oxygen atoms in total. The van der Waals surface area contributed by atoms with Gasteiger partial charge < -0.3 is 14.8 Å². The van der Waals surface area contributed by atoms with Gasteiger partial charge in [0.15, 0.2) is 0 Å². The van der Waals surface area contributed by atoms with E-state index in [0.29, 0.717) is 0 Å². The van der Waals surface area contributed by atoms with Gasteiger partial charge in [-0.25, -0.2) is 4.98 Å². The molecular weight excluding hydrogens is 249 g/mol. The molecule has 0 spiro atoms. The molecule has 0 bridgehead atoms. The highest BCUT2D eigenvalue weighted by molar-refractivity contribution is 5.88. The number of halogens is 1. The van der Waals surface area contributed by atoms with E-state index in [0.717, 1.165) is 6.20 Å². The van der Waals surface area contributed by atoms with E-state index in [1.165, 1.54) is 7.11 Å². The number of nitro groups is 1. The average molecular weight is 255 g/mol. The molecular formula is C9H6FN3O5. The van der Waals surface area contributed by atoms with E-state index in [4.69, 9.17) is 0 Å². The minimum atomic E-state index is -1.21. The minimum Gasteiger partial charge on any atom is -0.501 e. The second-order valence-electron chi connectivity index (χ2n) is 3.28. The van der Waals surface area contributed by atoms with Crippen molar-refractivity contribution in [3.63, 3.8) is 0 Å². The normalized spacial score (nSPS) is 10.6. The van der Waals surface area contributed by atoms with Crippen molar-refractivity contribution in [2.24, 2.45) is 0 Å². The molecule has 0 saturated heterocycles. The topological polar surface area (TPSA) is 118 Å². The second kappa shape index (κ2) is 3.95. The fourth-order valence-corrected chi connectivity index (χ4v) is 1.49. The first kappa shape index (κ1) is 11.8. The van der Waals surface area contributed by atoms with Crippen LogP contribution < -0.4 is 10.3 Å². The molecule has 0 aliphatic rings. The van der Waals surface area contributed by atoms with Crippen molar-refractivity contribution in [3.05, 3.63) is 32.5 Å². The summed E-state index contributed by atoms with van der Waals surface area (Å²) in [6, 6.07) is 0. The quantitative estimate of drug-likeness (QED) is 0.601. The molecule has 9 heteroatoms. The van der Waals surface area contributed by atoms with Crippen LogP contribution in [0.4, 0.5) is 10.1 Å². The Morgan fingerprint density at radius 2 is 2.28 bits per heavy atom. The van der Waals surface area contributed by atoms with Crippen LogP contribution in [0.2, 0.25) is 0 Å². The number of aromatic nitrogens is 2. The number of ether oxygens (including phenoxy) is 1. The number of methoxy groups -OCH3 is 1. The third-order valence-electron chi connectivity index (χ3n) is 2.30. The summed E-state index contributed by atoms with van der Waals surface area (Å²) in [5, 5.41) is 19.9. The van der Waals surface area contributed by atoms with Gasteiger partial charge in [0, 0.05) is 6.20 Å². The van der Waals surface area contributed by atoms with Gasteiger partial charge in [0.1, 0.15) is 0 Å². The lowest BCUT2D eigenvalue weighted by Gasteiger charge is -2.05. The molecule has 0 radical (unpaired) electrons. The summed E-state index contributed by atoms with van der Waals surface area (Å²) < 4.78 is 18.3. The highest BCUT2D eigenvalue weighted by Crippen LogP contribution is 2.32. The van der Waals surface area contributed by atoms with Gasteiger partial charge >= 0.3 is 11.2 Å². The maximum atomic E-state index is 13.7. The molecule has 2 aromatic rings. The number of pyridine rings is 2. The molecule has 0 atom stereocenters. The molecule has 2 N–H and O–H groups in total. The molecule has 0 saturated carbocycles. The Morgan fingerprint density at radius 1 is 1.61 bits per heavy atom. The maximum absolute atomic E-state index is 13.7. The SMILES string of the molecule is COc1ncc2c(O)c([N+](=O)[O-])c(=O)[nH]c2c1F. The molecule has 0 aliphatic carbocycles. The Balaban J connectivity index is 2.95. The Kier molecular flexibility index (Phi) is 2.58.